The summed E-state index contributed by atoms with van der Waals surface area (Å²) in [6, 6.07) is 2.14. The molecular formula is C40H47F2N9O5S. The minimum atomic E-state index is -0.826. The summed E-state index contributed by atoms with van der Waals surface area (Å²) in [7, 11) is 4.06. The summed E-state index contributed by atoms with van der Waals surface area (Å²) < 4.78 is 50.7. The predicted molar refractivity (Wildman–Crippen MR) is 213 cm³/mol. The number of carbonyl (C=O) groups is 2. The number of carbonyl (C=O) groups excluding carboxylic acids is 2. The normalized spacial score (nSPS) is 20.8. The van der Waals surface area contributed by atoms with Gasteiger partial charge in [0.05, 0.1) is 40.8 Å². The van der Waals surface area contributed by atoms with E-state index in [-0.39, 0.29) is 74.9 Å². The van der Waals surface area contributed by atoms with Crippen LogP contribution in [-0.4, -0.2) is 107 Å². The highest BCUT2D eigenvalue weighted by Crippen LogP contribution is 2.49. The number of nitriles is 1. The van der Waals surface area contributed by atoms with Gasteiger partial charge in [0.2, 0.25) is 5.95 Å². The van der Waals surface area contributed by atoms with Crippen molar-refractivity contribution in [1.29, 1.82) is 5.26 Å². The molecule has 4 aromatic rings. The number of likely N-dealkylation sites (tertiary alicyclic amines) is 1. The Bertz CT molecular complexity index is 2340. The maximum Gasteiger partial charge on any atom is 0.412 e. The summed E-state index contributed by atoms with van der Waals surface area (Å²) in [5.41, 5.74) is -0.180. The lowest BCUT2D eigenvalue weighted by atomic mass is 9.93. The average Bonchev–Trinajstić information content (AvgIpc) is 3.92. The van der Waals surface area contributed by atoms with Gasteiger partial charge in [-0.05, 0) is 86.0 Å². The van der Waals surface area contributed by atoms with E-state index in [4.69, 9.17) is 24.2 Å². The molecule has 1 N–H and O–H groups in total. The molecule has 302 valence electrons. The largest absolute Gasteiger partial charge is 0.444 e. The van der Waals surface area contributed by atoms with Gasteiger partial charge in [0.1, 0.15) is 33.6 Å². The van der Waals surface area contributed by atoms with E-state index in [9.17, 15) is 14.9 Å². The molecule has 2 bridgehead atoms. The monoisotopic (exact) mass is 803 g/mol. The zero-order valence-corrected chi connectivity index (χ0v) is 34.3. The number of thiophene rings is 1. The Balaban J connectivity index is 1.31. The van der Waals surface area contributed by atoms with Crippen LogP contribution in [0.4, 0.5) is 35.1 Å². The first-order chi connectivity index (χ1) is 26.9. The number of hydrogen-bond donors (Lipinski definition) is 1. The average molecular weight is 804 g/mol. The summed E-state index contributed by atoms with van der Waals surface area (Å²) in [5.74, 6) is -0.451. The van der Waals surface area contributed by atoms with Gasteiger partial charge in [-0.25, -0.2) is 23.4 Å². The second-order valence-corrected chi connectivity index (χ2v) is 18.5. The highest BCUT2D eigenvalue weighted by molar-refractivity contribution is 7.23. The van der Waals surface area contributed by atoms with Crippen molar-refractivity contribution < 1.29 is 32.6 Å². The van der Waals surface area contributed by atoms with E-state index in [2.05, 4.69) is 31.1 Å². The molecule has 57 heavy (non-hydrogen) atoms. The van der Waals surface area contributed by atoms with E-state index >= 15 is 8.78 Å². The number of hydrogen-bond acceptors (Lipinski definition) is 13. The molecule has 14 nitrogen and oxygen atoms in total. The zero-order chi connectivity index (χ0) is 40.7. The van der Waals surface area contributed by atoms with E-state index in [1.165, 1.54) is 0 Å². The molecule has 2 unspecified atom stereocenters. The SMILES string of the molecule is CN(C)[C@@H]1CCN(c2nc(N3C4CCC3CN(C(=O)OC(C)(C)C)C4)c3c4c(c(-c5ncc(F)c6sc(NC(=O)OC(C)(C)C)c(C#N)c56)c(F)c3n2)COC4)C1. The van der Waals surface area contributed by atoms with E-state index in [0.29, 0.717) is 54.5 Å². The molecule has 3 saturated heterocycles. The Labute approximate surface area is 333 Å². The molecule has 0 saturated carbocycles. The number of nitrogens with zero attached hydrogens (tertiary/aromatic N) is 8. The number of rotatable bonds is 5. The summed E-state index contributed by atoms with van der Waals surface area (Å²) in [5, 5.41) is 13.7. The molecule has 4 aliphatic rings. The second kappa shape index (κ2) is 14.2. The van der Waals surface area contributed by atoms with E-state index in [0.717, 1.165) is 36.8 Å². The number of fused-ring (bicyclic) bond motifs is 6. The van der Waals surface area contributed by atoms with Crippen LogP contribution in [0.15, 0.2) is 6.20 Å². The summed E-state index contributed by atoms with van der Waals surface area (Å²) in [4.78, 5) is 48.9. The number of likely N-dealkylation sites (N-methyl/N-ethyl adjacent to an activating group) is 1. The molecule has 3 aromatic heterocycles. The fourth-order valence-corrected chi connectivity index (χ4v) is 9.53. The second-order valence-electron chi connectivity index (χ2n) is 17.4. The van der Waals surface area contributed by atoms with Crippen molar-refractivity contribution in [2.24, 2.45) is 0 Å². The fourth-order valence-electron chi connectivity index (χ4n) is 8.50. The van der Waals surface area contributed by atoms with Gasteiger partial charge in [-0.15, -0.1) is 11.3 Å². The van der Waals surface area contributed by atoms with Crippen molar-refractivity contribution in [3.05, 3.63) is 34.5 Å². The van der Waals surface area contributed by atoms with Gasteiger partial charge in [-0.1, -0.05) is 0 Å². The number of anilines is 3. The number of ether oxygens (including phenoxy) is 3. The van der Waals surface area contributed by atoms with Gasteiger partial charge in [0.25, 0.3) is 0 Å². The minimum absolute atomic E-state index is 0.0320. The van der Waals surface area contributed by atoms with Crippen LogP contribution in [0.3, 0.4) is 0 Å². The maximum atomic E-state index is 17.9. The lowest BCUT2D eigenvalue weighted by Crippen LogP contribution is -2.56. The number of piperazine rings is 1. The smallest absolute Gasteiger partial charge is 0.412 e. The molecule has 0 spiro atoms. The standard InChI is InChI=1S/C40H47F2N9O5S/c1-39(2,3)55-37(52)47-35-23(13-43)28-31(44-14-26(41)33(28)57-35)27-24-18-54-19-25(24)29-32(30(27)42)45-36(49-12-11-20(15-49)48(7)8)46-34(29)51-21-9-10-22(51)17-50(16-21)38(53)56-40(4,5)6/h14,20-22H,9-12,15-19H2,1-8H3,(H,47,52)/t20-,21?,22?/m1/s1. The van der Waals surface area contributed by atoms with E-state index in [1.54, 1.807) is 25.7 Å². The molecule has 2 amide bonds. The van der Waals surface area contributed by atoms with Crippen molar-refractivity contribution in [1.82, 2.24) is 24.8 Å². The number of halogens is 2. The molecule has 3 fully saturated rings. The number of aromatic nitrogens is 3. The van der Waals surface area contributed by atoms with Gasteiger partial charge in [0, 0.05) is 55.3 Å². The topological polar surface area (TPSA) is 149 Å². The first kappa shape index (κ1) is 38.9. The Morgan fingerprint density at radius 2 is 1.67 bits per heavy atom. The third-order valence-corrected chi connectivity index (χ3v) is 12.1. The third-order valence-electron chi connectivity index (χ3n) is 11.0. The van der Waals surface area contributed by atoms with Crippen molar-refractivity contribution in [2.75, 3.05) is 55.4 Å². The Morgan fingerprint density at radius 3 is 2.30 bits per heavy atom. The van der Waals surface area contributed by atoms with Crippen molar-refractivity contribution in [3.8, 4) is 17.3 Å². The molecule has 4 aliphatic heterocycles. The highest BCUT2D eigenvalue weighted by atomic mass is 32.1. The molecule has 17 heteroatoms. The quantitative estimate of drug-likeness (QED) is 0.218. The maximum absolute atomic E-state index is 17.9. The predicted octanol–water partition coefficient (Wildman–Crippen LogP) is 7.16. The van der Waals surface area contributed by atoms with Crippen LogP contribution < -0.4 is 15.1 Å². The van der Waals surface area contributed by atoms with Crippen molar-refractivity contribution >= 4 is 61.3 Å². The molecule has 7 heterocycles. The van der Waals surface area contributed by atoms with Crippen LogP contribution in [0.25, 0.3) is 32.2 Å². The number of amides is 2. The number of benzene rings is 1. The minimum Gasteiger partial charge on any atom is -0.444 e. The van der Waals surface area contributed by atoms with Crippen molar-refractivity contribution in [3.63, 3.8) is 0 Å². The zero-order valence-electron chi connectivity index (χ0n) is 33.5. The van der Waals surface area contributed by atoms with Gasteiger partial charge in [0.15, 0.2) is 11.6 Å². The molecule has 0 radical (unpaired) electrons. The lowest BCUT2D eigenvalue weighted by Gasteiger charge is -2.42. The van der Waals surface area contributed by atoms with Crippen molar-refractivity contribution in [2.45, 2.75) is 103 Å². The Morgan fingerprint density at radius 1 is 0.982 bits per heavy atom. The van der Waals surface area contributed by atoms with Crippen LogP contribution in [0.5, 0.6) is 0 Å². The lowest BCUT2D eigenvalue weighted by molar-refractivity contribution is 0.0209. The van der Waals surface area contributed by atoms with Crippen LogP contribution in [0.1, 0.15) is 77.5 Å². The number of pyridine rings is 1. The molecular weight excluding hydrogens is 757 g/mol. The van der Waals surface area contributed by atoms with E-state index < -0.39 is 28.9 Å². The summed E-state index contributed by atoms with van der Waals surface area (Å²) in [6.07, 6.45) is 2.31. The van der Waals surface area contributed by atoms with Crippen LogP contribution in [0.2, 0.25) is 0 Å². The van der Waals surface area contributed by atoms with Gasteiger partial charge in [-0.3, -0.25) is 10.3 Å². The van der Waals surface area contributed by atoms with Gasteiger partial charge >= 0.3 is 12.2 Å². The first-order valence-corrected chi connectivity index (χ1v) is 20.1. The third kappa shape index (κ3) is 7.05. The van der Waals surface area contributed by atoms with Crippen LogP contribution in [-0.2, 0) is 27.4 Å². The van der Waals surface area contributed by atoms with Crippen LogP contribution in [0, 0.1) is 23.0 Å². The number of nitrogens with one attached hydrogen (secondary N) is 1. The molecule has 8 rings (SSSR count). The molecule has 1 aromatic carbocycles. The Kier molecular flexibility index (Phi) is 9.68. The van der Waals surface area contributed by atoms with E-state index in [1.807, 2.05) is 34.9 Å². The van der Waals surface area contributed by atoms with Gasteiger partial charge in [-0.2, -0.15) is 10.2 Å². The Hall–Kier alpha value is -4.92. The highest BCUT2D eigenvalue weighted by Gasteiger charge is 2.45. The first-order valence-electron chi connectivity index (χ1n) is 19.2. The van der Waals surface area contributed by atoms with Crippen LogP contribution >= 0.6 is 11.3 Å². The molecule has 3 atom stereocenters. The summed E-state index contributed by atoms with van der Waals surface area (Å²) in [6.45, 7) is 13.0. The summed E-state index contributed by atoms with van der Waals surface area (Å²) >= 11 is 0.853. The fraction of sp³-hybridized carbons (Fsp3) is 0.550. The van der Waals surface area contributed by atoms with Gasteiger partial charge < -0.3 is 33.8 Å². The molecule has 0 aliphatic carbocycles.